The first kappa shape index (κ1) is 18.6. The molecule has 141 valence electrons. The van der Waals surface area contributed by atoms with Crippen molar-refractivity contribution in [3.63, 3.8) is 0 Å². The Labute approximate surface area is 176 Å². The molecule has 0 bridgehead atoms. The second-order valence-corrected chi connectivity index (χ2v) is 6.92. The first-order valence-electron chi connectivity index (χ1n) is 8.93. The van der Waals surface area contributed by atoms with E-state index in [4.69, 9.17) is 9.40 Å². The molecule has 5 rings (SSSR count). The van der Waals surface area contributed by atoms with Crippen molar-refractivity contribution in [3.8, 4) is 17.1 Å². The van der Waals surface area contributed by atoms with Gasteiger partial charge in [0.2, 0.25) is 0 Å². The molecule has 5 heteroatoms. The molecule has 2 aromatic heterocycles. The number of benzene rings is 3. The topological polar surface area (TPSA) is 43.9 Å². The van der Waals surface area contributed by atoms with E-state index in [1.807, 2.05) is 30.3 Å². The summed E-state index contributed by atoms with van der Waals surface area (Å²) in [5, 5.41) is 0. The zero-order chi connectivity index (χ0) is 18.5. The molecule has 0 aliphatic rings. The van der Waals surface area contributed by atoms with Gasteiger partial charge in [-0.15, -0.1) is 12.1 Å². The molecule has 0 saturated carbocycles. The maximum atomic E-state index is 5.49. The van der Waals surface area contributed by atoms with Crippen LogP contribution in [0.3, 0.4) is 0 Å². The molecule has 3 aromatic carbocycles. The van der Waals surface area contributed by atoms with Crippen molar-refractivity contribution >= 4 is 22.1 Å². The zero-order valence-electron chi connectivity index (χ0n) is 15.8. The van der Waals surface area contributed by atoms with Crippen LogP contribution in [0.2, 0.25) is 0 Å². The van der Waals surface area contributed by atoms with E-state index in [1.165, 1.54) is 23.1 Å². The van der Waals surface area contributed by atoms with Crippen LogP contribution in [0, 0.1) is 26.8 Å². The molecule has 0 aliphatic heterocycles. The molecule has 28 heavy (non-hydrogen) atoms. The van der Waals surface area contributed by atoms with Gasteiger partial charge in [-0.3, -0.25) is 9.97 Å². The summed E-state index contributed by atoms with van der Waals surface area (Å²) in [6.45, 7) is 6.42. The van der Waals surface area contributed by atoms with Crippen molar-refractivity contribution in [2.24, 2.45) is 0 Å². The van der Waals surface area contributed by atoms with Gasteiger partial charge in [-0.25, -0.2) is 0 Å². The maximum absolute atomic E-state index is 5.49. The molecule has 0 spiro atoms. The smallest absolute Gasteiger partial charge is 0.170 e. The van der Waals surface area contributed by atoms with E-state index in [2.05, 4.69) is 54.6 Å². The number of rotatable bonds is 2. The minimum atomic E-state index is 0. The van der Waals surface area contributed by atoms with Crippen molar-refractivity contribution in [2.75, 3.05) is 0 Å². The monoisotopic (exact) mass is 545 g/mol. The van der Waals surface area contributed by atoms with E-state index in [-0.39, 0.29) is 20.1 Å². The molecular weight excluding hydrogens is 526 g/mol. The average molecular weight is 545 g/mol. The summed E-state index contributed by atoms with van der Waals surface area (Å²) >= 11 is 0. The van der Waals surface area contributed by atoms with Gasteiger partial charge in [0.05, 0.1) is 22.4 Å². The van der Waals surface area contributed by atoms with Crippen LogP contribution in [-0.2, 0) is 20.1 Å². The number of nitrogens with zero attached hydrogens (tertiary/aromatic N) is 3. The van der Waals surface area contributed by atoms with Crippen LogP contribution in [0.4, 0.5) is 0 Å². The van der Waals surface area contributed by atoms with E-state index in [0.717, 1.165) is 39.2 Å². The van der Waals surface area contributed by atoms with Crippen molar-refractivity contribution in [2.45, 2.75) is 20.8 Å². The number of hydrogen-bond acceptors (Lipinski definition) is 3. The van der Waals surface area contributed by atoms with E-state index in [0.29, 0.717) is 0 Å². The molecule has 4 nitrogen and oxygen atoms in total. The van der Waals surface area contributed by atoms with Crippen LogP contribution in [-0.4, -0.2) is 14.5 Å². The quantitative estimate of drug-likeness (QED) is 0.274. The minimum Gasteiger partial charge on any atom is -0.464 e. The third kappa shape index (κ3) is 2.79. The SMILES string of the molecule is Cc1cc(C)c(-n2c(-c3[c-]ccc4ocnc34)nc3ccccc32)c(C)c1.[Ir]. The molecule has 0 aliphatic carbocycles. The zero-order valence-corrected chi connectivity index (χ0v) is 18.2. The van der Waals surface area contributed by atoms with E-state index < -0.39 is 0 Å². The summed E-state index contributed by atoms with van der Waals surface area (Å²) < 4.78 is 7.72. The van der Waals surface area contributed by atoms with Gasteiger partial charge in [-0.05, 0) is 44.0 Å². The van der Waals surface area contributed by atoms with Crippen molar-refractivity contribution in [1.29, 1.82) is 0 Å². The standard InChI is InChI=1S/C23H18N3O.Ir/c1-14-11-15(2)22(16(3)12-14)26-19-9-5-4-8-18(19)25-23(26)17-7-6-10-20-21(17)24-13-27-20;/h4-6,8-13H,1-3H3;/q-1;. The van der Waals surface area contributed by atoms with E-state index in [9.17, 15) is 0 Å². The van der Waals surface area contributed by atoms with Crippen LogP contribution < -0.4 is 0 Å². The fraction of sp³-hybridized carbons (Fsp3) is 0.130. The Bertz CT molecular complexity index is 1290. The molecule has 2 heterocycles. The number of hydrogen-bond donors (Lipinski definition) is 0. The molecular formula is C23H18IrN3O-. The molecule has 0 atom stereocenters. The summed E-state index contributed by atoms with van der Waals surface area (Å²) in [7, 11) is 0. The number of imidazole rings is 1. The fourth-order valence-electron chi connectivity index (χ4n) is 3.95. The van der Waals surface area contributed by atoms with Crippen LogP contribution in [0.5, 0.6) is 0 Å². The predicted molar refractivity (Wildman–Crippen MR) is 107 cm³/mol. The largest absolute Gasteiger partial charge is 0.464 e. The molecule has 0 fully saturated rings. The first-order valence-corrected chi connectivity index (χ1v) is 8.93. The normalized spacial score (nSPS) is 11.1. The van der Waals surface area contributed by atoms with Crippen LogP contribution in [0.1, 0.15) is 16.7 Å². The Kier molecular flexibility index (Phi) is 4.66. The molecule has 5 aromatic rings. The number of para-hydroxylation sites is 2. The molecule has 0 saturated heterocycles. The summed E-state index contributed by atoms with van der Waals surface area (Å²) in [5.41, 5.74) is 9.20. The number of aromatic nitrogens is 3. The van der Waals surface area contributed by atoms with Gasteiger partial charge >= 0.3 is 0 Å². The first-order chi connectivity index (χ1) is 13.1. The average Bonchev–Trinajstić information content (AvgIpc) is 3.26. The maximum Gasteiger partial charge on any atom is 0.170 e. The van der Waals surface area contributed by atoms with Gasteiger partial charge in [-0.1, -0.05) is 41.5 Å². The van der Waals surface area contributed by atoms with Gasteiger partial charge in [0, 0.05) is 31.3 Å². The fourth-order valence-corrected chi connectivity index (χ4v) is 3.95. The molecule has 1 radical (unpaired) electrons. The third-order valence-electron chi connectivity index (χ3n) is 4.94. The van der Waals surface area contributed by atoms with Crippen molar-refractivity contribution in [3.05, 3.63) is 77.7 Å². The van der Waals surface area contributed by atoms with Crippen LogP contribution in [0.25, 0.3) is 39.2 Å². The van der Waals surface area contributed by atoms with Crippen molar-refractivity contribution < 1.29 is 24.5 Å². The van der Waals surface area contributed by atoms with Gasteiger partial charge in [0.15, 0.2) is 6.39 Å². The van der Waals surface area contributed by atoms with E-state index in [1.54, 1.807) is 0 Å². The van der Waals surface area contributed by atoms with Gasteiger partial charge in [0.25, 0.3) is 0 Å². The second-order valence-electron chi connectivity index (χ2n) is 6.92. The minimum absolute atomic E-state index is 0. The number of oxazole rings is 1. The Morgan fingerprint density at radius 3 is 2.54 bits per heavy atom. The van der Waals surface area contributed by atoms with Crippen LogP contribution >= 0.6 is 0 Å². The Morgan fingerprint density at radius 1 is 1.00 bits per heavy atom. The van der Waals surface area contributed by atoms with Crippen molar-refractivity contribution in [1.82, 2.24) is 14.5 Å². The number of aryl methyl sites for hydroxylation is 3. The summed E-state index contributed by atoms with van der Waals surface area (Å²) in [5.74, 6) is 0.825. The summed E-state index contributed by atoms with van der Waals surface area (Å²) in [6.07, 6.45) is 1.47. The second kappa shape index (κ2) is 7.01. The third-order valence-corrected chi connectivity index (χ3v) is 4.94. The Morgan fingerprint density at radius 2 is 1.75 bits per heavy atom. The predicted octanol–water partition coefficient (Wildman–Crippen LogP) is 5.56. The molecule has 0 amide bonds. The van der Waals surface area contributed by atoms with Gasteiger partial charge in [-0.2, -0.15) is 0 Å². The number of fused-ring (bicyclic) bond motifs is 2. The Balaban J connectivity index is 0.00000192. The summed E-state index contributed by atoms with van der Waals surface area (Å²) in [6, 6.07) is 19.7. The molecule has 0 N–H and O–H groups in total. The molecule has 0 unspecified atom stereocenters. The van der Waals surface area contributed by atoms with Gasteiger partial charge < -0.3 is 8.98 Å². The van der Waals surface area contributed by atoms with Crippen LogP contribution in [0.15, 0.2) is 59.3 Å². The Hall–Kier alpha value is -2.75. The van der Waals surface area contributed by atoms with Gasteiger partial charge in [0.1, 0.15) is 0 Å². The summed E-state index contributed by atoms with van der Waals surface area (Å²) in [4.78, 5) is 9.35. The van der Waals surface area contributed by atoms with E-state index >= 15 is 0 Å².